The van der Waals surface area contributed by atoms with Crippen molar-refractivity contribution < 1.29 is 19.0 Å². The van der Waals surface area contributed by atoms with Gasteiger partial charge in [0, 0.05) is 19.6 Å². The van der Waals surface area contributed by atoms with Crippen molar-refractivity contribution in [2.24, 2.45) is 10.9 Å². The number of hydrogen-bond acceptors (Lipinski definition) is 5. The number of piperidine rings is 1. The zero-order chi connectivity index (χ0) is 15.8. The van der Waals surface area contributed by atoms with E-state index < -0.39 is 0 Å². The molecular weight excluding hydrogens is 413 g/mol. The number of methoxy groups -OCH3 is 1. The molecule has 0 spiro atoms. The van der Waals surface area contributed by atoms with Gasteiger partial charge in [0.25, 0.3) is 0 Å². The van der Waals surface area contributed by atoms with E-state index in [0.717, 1.165) is 38.4 Å². The minimum absolute atomic E-state index is 0. The van der Waals surface area contributed by atoms with Gasteiger partial charge in [-0.15, -0.1) is 24.0 Å². The predicted octanol–water partition coefficient (Wildman–Crippen LogP) is 0.870. The van der Waals surface area contributed by atoms with Crippen LogP contribution in [0, 0.1) is 5.92 Å². The third-order valence-electron chi connectivity index (χ3n) is 3.99. The smallest absolute Gasteiger partial charge is 0.308 e. The number of esters is 1. The first-order chi connectivity index (χ1) is 10.7. The van der Waals surface area contributed by atoms with E-state index in [-0.39, 0.29) is 42.0 Å². The van der Waals surface area contributed by atoms with Gasteiger partial charge in [-0.1, -0.05) is 0 Å². The van der Waals surface area contributed by atoms with Crippen LogP contribution < -0.4 is 5.32 Å². The maximum atomic E-state index is 11.6. The molecule has 7 nitrogen and oxygen atoms in total. The largest absolute Gasteiger partial charge is 0.469 e. The zero-order valence-corrected chi connectivity index (χ0v) is 16.3. The Balaban J connectivity index is 0.00000264. The lowest BCUT2D eigenvalue weighted by atomic mass is 9.97. The van der Waals surface area contributed by atoms with Gasteiger partial charge in [-0.3, -0.25) is 9.79 Å². The van der Waals surface area contributed by atoms with Crippen molar-refractivity contribution in [1.82, 2.24) is 10.2 Å². The van der Waals surface area contributed by atoms with Crippen LogP contribution in [-0.2, 0) is 19.0 Å². The van der Waals surface area contributed by atoms with E-state index in [4.69, 9.17) is 14.2 Å². The van der Waals surface area contributed by atoms with Crippen molar-refractivity contribution in [2.75, 3.05) is 53.1 Å². The van der Waals surface area contributed by atoms with E-state index in [1.807, 2.05) is 0 Å². The molecule has 2 rings (SSSR count). The molecule has 1 N–H and O–H groups in total. The number of carbonyl (C=O) groups is 1. The SMILES string of the molecule is CCNC(=NCC1COCCO1)N1CCC(C(=O)OC)CC1.I. The molecular formula is C15H28IN3O4. The molecule has 2 heterocycles. The summed E-state index contributed by atoms with van der Waals surface area (Å²) in [6, 6.07) is 0. The summed E-state index contributed by atoms with van der Waals surface area (Å²) >= 11 is 0. The molecule has 2 saturated heterocycles. The molecule has 0 aromatic carbocycles. The summed E-state index contributed by atoms with van der Waals surface area (Å²) in [7, 11) is 1.45. The molecule has 0 amide bonds. The second-order valence-corrected chi connectivity index (χ2v) is 5.55. The fourth-order valence-electron chi connectivity index (χ4n) is 2.75. The first-order valence-corrected chi connectivity index (χ1v) is 8.05. The summed E-state index contributed by atoms with van der Waals surface area (Å²) in [4.78, 5) is 18.4. The number of aliphatic imine (C=N–C) groups is 1. The summed E-state index contributed by atoms with van der Waals surface area (Å²) in [5, 5.41) is 3.31. The number of hydrogen-bond donors (Lipinski definition) is 1. The van der Waals surface area contributed by atoms with Crippen molar-refractivity contribution in [3.63, 3.8) is 0 Å². The highest BCUT2D eigenvalue weighted by Crippen LogP contribution is 2.18. The normalized spacial score (nSPS) is 23.1. The standard InChI is InChI=1S/C15H27N3O4.HI/c1-3-16-15(17-10-13-11-21-8-9-22-13)18-6-4-12(5-7-18)14(19)20-2;/h12-13H,3-11H2,1-2H3,(H,16,17);1H. The number of nitrogens with one attached hydrogen (secondary N) is 1. The topological polar surface area (TPSA) is 72.4 Å². The zero-order valence-electron chi connectivity index (χ0n) is 14.0. The maximum Gasteiger partial charge on any atom is 0.308 e. The fourth-order valence-corrected chi connectivity index (χ4v) is 2.75. The van der Waals surface area contributed by atoms with Crippen LogP contribution in [-0.4, -0.2) is 76.0 Å². The van der Waals surface area contributed by atoms with Crippen LogP contribution in [0.15, 0.2) is 4.99 Å². The van der Waals surface area contributed by atoms with E-state index in [1.54, 1.807) is 0 Å². The third kappa shape index (κ3) is 6.42. The number of ether oxygens (including phenoxy) is 3. The molecule has 2 aliphatic rings. The fraction of sp³-hybridized carbons (Fsp3) is 0.867. The van der Waals surface area contributed by atoms with Crippen LogP contribution in [0.1, 0.15) is 19.8 Å². The van der Waals surface area contributed by atoms with Crippen molar-refractivity contribution in [3.05, 3.63) is 0 Å². The van der Waals surface area contributed by atoms with Crippen molar-refractivity contribution in [3.8, 4) is 0 Å². The van der Waals surface area contributed by atoms with Crippen LogP contribution in [0.5, 0.6) is 0 Å². The number of rotatable bonds is 4. The molecule has 0 bridgehead atoms. The average Bonchev–Trinajstić information content (AvgIpc) is 2.59. The highest BCUT2D eigenvalue weighted by atomic mass is 127. The Bertz CT molecular complexity index is 381. The van der Waals surface area contributed by atoms with Gasteiger partial charge >= 0.3 is 5.97 Å². The molecule has 2 aliphatic heterocycles. The lowest BCUT2D eigenvalue weighted by molar-refractivity contribution is -0.146. The number of nitrogens with zero attached hydrogens (tertiary/aromatic N) is 2. The van der Waals surface area contributed by atoms with Crippen LogP contribution in [0.4, 0.5) is 0 Å². The lowest BCUT2D eigenvalue weighted by Crippen LogP contribution is -2.47. The minimum atomic E-state index is -0.102. The van der Waals surface area contributed by atoms with E-state index in [1.165, 1.54) is 7.11 Å². The molecule has 0 radical (unpaired) electrons. The minimum Gasteiger partial charge on any atom is -0.469 e. The number of halogens is 1. The maximum absolute atomic E-state index is 11.6. The Morgan fingerprint density at radius 2 is 2.09 bits per heavy atom. The summed E-state index contributed by atoms with van der Waals surface area (Å²) < 4.78 is 15.8. The summed E-state index contributed by atoms with van der Waals surface area (Å²) in [6.45, 7) is 7.01. The Hall–Kier alpha value is -0.610. The van der Waals surface area contributed by atoms with Gasteiger partial charge in [0.1, 0.15) is 6.10 Å². The van der Waals surface area contributed by atoms with E-state index >= 15 is 0 Å². The van der Waals surface area contributed by atoms with Gasteiger partial charge in [-0.2, -0.15) is 0 Å². The second kappa shape index (κ2) is 11.0. The average molecular weight is 441 g/mol. The van der Waals surface area contributed by atoms with E-state index in [9.17, 15) is 4.79 Å². The monoisotopic (exact) mass is 441 g/mol. The number of likely N-dealkylation sites (tertiary alicyclic amines) is 1. The van der Waals surface area contributed by atoms with E-state index in [0.29, 0.717) is 26.4 Å². The van der Waals surface area contributed by atoms with Crippen molar-refractivity contribution >= 4 is 35.9 Å². The number of carbonyl (C=O) groups excluding carboxylic acids is 1. The van der Waals surface area contributed by atoms with Gasteiger partial charge in [0.2, 0.25) is 0 Å². The van der Waals surface area contributed by atoms with Gasteiger partial charge < -0.3 is 24.4 Å². The predicted molar refractivity (Wildman–Crippen MR) is 98.3 cm³/mol. The third-order valence-corrected chi connectivity index (χ3v) is 3.99. The van der Waals surface area contributed by atoms with Crippen LogP contribution >= 0.6 is 24.0 Å². The molecule has 1 unspecified atom stereocenters. The molecule has 0 aromatic heterocycles. The van der Waals surface area contributed by atoms with E-state index in [2.05, 4.69) is 22.1 Å². The Kier molecular flexibility index (Phi) is 9.80. The molecule has 2 fully saturated rings. The van der Waals surface area contributed by atoms with Gasteiger partial charge in [0.05, 0.1) is 39.4 Å². The summed E-state index contributed by atoms with van der Waals surface area (Å²) in [5.74, 6) is 0.800. The van der Waals surface area contributed by atoms with Crippen LogP contribution in [0.25, 0.3) is 0 Å². The van der Waals surface area contributed by atoms with Crippen LogP contribution in [0.3, 0.4) is 0 Å². The quantitative estimate of drug-likeness (QED) is 0.302. The molecule has 0 saturated carbocycles. The van der Waals surface area contributed by atoms with Gasteiger partial charge in [-0.05, 0) is 19.8 Å². The van der Waals surface area contributed by atoms with Gasteiger partial charge in [-0.25, -0.2) is 0 Å². The lowest BCUT2D eigenvalue weighted by Gasteiger charge is -2.33. The molecule has 134 valence electrons. The van der Waals surface area contributed by atoms with Crippen LogP contribution in [0.2, 0.25) is 0 Å². The highest BCUT2D eigenvalue weighted by Gasteiger charge is 2.27. The van der Waals surface area contributed by atoms with Gasteiger partial charge in [0.15, 0.2) is 5.96 Å². The Morgan fingerprint density at radius 1 is 1.35 bits per heavy atom. The molecule has 23 heavy (non-hydrogen) atoms. The first-order valence-electron chi connectivity index (χ1n) is 8.05. The first kappa shape index (κ1) is 20.4. The van der Waals surface area contributed by atoms with Crippen molar-refractivity contribution in [2.45, 2.75) is 25.9 Å². The summed E-state index contributed by atoms with van der Waals surface area (Å²) in [6.07, 6.45) is 1.65. The summed E-state index contributed by atoms with van der Waals surface area (Å²) in [5.41, 5.74) is 0. The molecule has 1 atom stereocenters. The Morgan fingerprint density at radius 3 is 2.65 bits per heavy atom. The molecule has 8 heteroatoms. The highest BCUT2D eigenvalue weighted by molar-refractivity contribution is 14.0. The van der Waals surface area contributed by atoms with Crippen molar-refractivity contribution in [1.29, 1.82) is 0 Å². The Labute approximate surface area is 155 Å². The second-order valence-electron chi connectivity index (χ2n) is 5.55. The molecule has 0 aliphatic carbocycles. The molecule has 0 aromatic rings. The number of guanidine groups is 1.